The van der Waals surface area contributed by atoms with Gasteiger partial charge in [-0.05, 0) is 86.7 Å². The molecular formula is C45H58N6O8. The van der Waals surface area contributed by atoms with Crippen LogP contribution in [0.1, 0.15) is 114 Å². The van der Waals surface area contributed by atoms with E-state index in [1.54, 1.807) is 0 Å². The molecule has 0 aliphatic heterocycles. The summed E-state index contributed by atoms with van der Waals surface area (Å²) in [5.41, 5.74) is 2.83. The average Bonchev–Trinajstić information content (AvgIpc) is 3.22. The van der Waals surface area contributed by atoms with Gasteiger partial charge in [0.05, 0.1) is 27.7 Å². The van der Waals surface area contributed by atoms with E-state index < -0.39 is 28.9 Å². The van der Waals surface area contributed by atoms with Gasteiger partial charge < -0.3 is 24.6 Å². The molecule has 1 unspecified atom stereocenters. The highest BCUT2D eigenvalue weighted by Gasteiger charge is 2.45. The lowest BCUT2D eigenvalue weighted by molar-refractivity contribution is -0.384. The zero-order valence-corrected chi connectivity index (χ0v) is 34.6. The molecule has 0 spiro atoms. The van der Waals surface area contributed by atoms with Gasteiger partial charge in [0.15, 0.2) is 0 Å². The standard InChI is InChI=1S/C45H58N6O8/c1-7-12-14-16-18-20-28-50(29-21-19-17-15-13-8-2)37-26-27-39(33(6)30-37)47-49-41-31-34(9-3)40(48-46-35-22-24-36(25-23-35)51(56)57)32-38(41)44(58-42(52)10-4)45(54,55)59-43(53)11-5/h9-11,22-27,30-32,44,54-55H,3-5,7-8,12-21,28-29H2,1-2,6H3. The number of carbonyl (C=O) groups is 2. The van der Waals surface area contributed by atoms with Crippen molar-refractivity contribution in [1.82, 2.24) is 0 Å². The number of ether oxygens (including phenoxy) is 2. The van der Waals surface area contributed by atoms with Crippen molar-refractivity contribution in [3.63, 3.8) is 0 Å². The molecule has 59 heavy (non-hydrogen) atoms. The van der Waals surface area contributed by atoms with Gasteiger partial charge in [-0.15, -0.1) is 0 Å². The van der Waals surface area contributed by atoms with Gasteiger partial charge in [-0.3, -0.25) is 10.1 Å². The first kappa shape index (κ1) is 47.8. The van der Waals surface area contributed by atoms with Crippen LogP contribution in [0.25, 0.3) is 0 Å². The molecule has 0 amide bonds. The maximum absolute atomic E-state index is 12.6. The maximum Gasteiger partial charge on any atom is 0.368 e. The van der Waals surface area contributed by atoms with Crippen LogP contribution in [-0.4, -0.2) is 46.1 Å². The minimum absolute atomic E-state index is 0.0191. The molecule has 0 fully saturated rings. The van der Waals surface area contributed by atoms with Crippen molar-refractivity contribution in [2.75, 3.05) is 18.0 Å². The topological polar surface area (TPSA) is 189 Å². The van der Waals surface area contributed by atoms with Gasteiger partial charge in [-0.2, -0.15) is 20.5 Å². The van der Waals surface area contributed by atoms with Crippen LogP contribution >= 0.6 is 0 Å². The number of aryl methyl sites for hydroxylation is 1. The Morgan fingerprint density at radius 2 is 1.34 bits per heavy atom. The Kier molecular flexibility index (Phi) is 20.3. The largest absolute Gasteiger partial charge is 0.444 e. The normalized spacial score (nSPS) is 12.1. The number of hydrogen-bond acceptors (Lipinski definition) is 13. The van der Waals surface area contributed by atoms with E-state index in [9.17, 15) is 29.9 Å². The zero-order chi connectivity index (χ0) is 43.2. The van der Waals surface area contributed by atoms with Crippen molar-refractivity contribution in [3.8, 4) is 0 Å². The summed E-state index contributed by atoms with van der Waals surface area (Å²) in [4.78, 5) is 37.8. The SMILES string of the molecule is [CH2][CH]c1cc(N=Nc2ccc(N(CCCCCCCC)CCCCCCCC)cc2C)c(C(OC(=O)C=C)C(O)(O)OC(=O)C=C)cc1N=Nc1ccc([N+](=O)[O-])cc1. The summed E-state index contributed by atoms with van der Waals surface area (Å²) < 4.78 is 10.2. The fourth-order valence-electron chi connectivity index (χ4n) is 6.25. The third-order valence-electron chi connectivity index (χ3n) is 9.55. The number of aliphatic hydroxyl groups is 2. The summed E-state index contributed by atoms with van der Waals surface area (Å²) in [6, 6.07) is 14.0. The second-order valence-electron chi connectivity index (χ2n) is 14.1. The summed E-state index contributed by atoms with van der Waals surface area (Å²) in [7, 11) is 0. The number of nitro benzene ring substituents is 1. The molecule has 14 nitrogen and oxygen atoms in total. The zero-order valence-electron chi connectivity index (χ0n) is 34.6. The lowest BCUT2D eigenvalue weighted by Crippen LogP contribution is -2.42. The molecule has 0 aliphatic carbocycles. The molecule has 3 aromatic carbocycles. The Morgan fingerprint density at radius 3 is 1.88 bits per heavy atom. The first-order valence-corrected chi connectivity index (χ1v) is 20.2. The van der Waals surface area contributed by atoms with Gasteiger partial charge in [-0.1, -0.05) is 91.2 Å². The number of esters is 2. The van der Waals surface area contributed by atoms with Crippen LogP contribution in [0.15, 0.2) is 100 Å². The molecule has 0 heterocycles. The summed E-state index contributed by atoms with van der Waals surface area (Å²) in [5.74, 6) is -5.75. The number of unbranched alkanes of at least 4 members (excludes halogenated alkanes) is 10. The minimum atomic E-state index is -3.44. The minimum Gasteiger partial charge on any atom is -0.444 e. The van der Waals surface area contributed by atoms with Gasteiger partial charge in [0.1, 0.15) is 0 Å². The number of carbonyl (C=O) groups excluding carboxylic acids is 2. The van der Waals surface area contributed by atoms with Gasteiger partial charge in [0, 0.05) is 48.6 Å². The quantitative estimate of drug-likeness (QED) is 0.0143. The van der Waals surface area contributed by atoms with E-state index in [2.05, 4.69) is 65.4 Å². The average molecular weight is 811 g/mol. The number of azo groups is 2. The Labute approximate surface area is 347 Å². The van der Waals surface area contributed by atoms with Crippen LogP contribution in [-0.2, 0) is 19.1 Å². The molecule has 0 aliphatic rings. The first-order valence-electron chi connectivity index (χ1n) is 20.2. The molecule has 2 N–H and O–H groups in total. The number of nitrogens with zero attached hydrogens (tertiary/aromatic N) is 6. The van der Waals surface area contributed by atoms with E-state index in [-0.39, 0.29) is 28.3 Å². The van der Waals surface area contributed by atoms with E-state index in [1.807, 2.05) is 19.1 Å². The predicted octanol–water partition coefficient (Wildman–Crippen LogP) is 11.8. The van der Waals surface area contributed by atoms with Gasteiger partial charge in [0.2, 0.25) is 6.10 Å². The Bertz CT molecular complexity index is 1890. The van der Waals surface area contributed by atoms with Crippen LogP contribution in [0.5, 0.6) is 0 Å². The summed E-state index contributed by atoms with van der Waals surface area (Å²) in [5, 5.41) is 50.7. The Morgan fingerprint density at radius 1 is 0.780 bits per heavy atom. The van der Waals surface area contributed by atoms with E-state index in [1.165, 1.54) is 107 Å². The highest BCUT2D eigenvalue weighted by molar-refractivity contribution is 5.82. The van der Waals surface area contributed by atoms with E-state index in [4.69, 9.17) is 9.47 Å². The van der Waals surface area contributed by atoms with Crippen molar-refractivity contribution < 1.29 is 34.2 Å². The number of nitro groups is 1. The van der Waals surface area contributed by atoms with Crippen LogP contribution in [0, 0.1) is 30.4 Å². The molecule has 3 aromatic rings. The van der Waals surface area contributed by atoms with Crippen molar-refractivity contribution in [2.24, 2.45) is 20.5 Å². The summed E-state index contributed by atoms with van der Waals surface area (Å²) in [6.07, 6.45) is 15.3. The molecule has 316 valence electrons. The first-order chi connectivity index (χ1) is 28.4. The molecule has 0 bridgehead atoms. The molecule has 0 aromatic heterocycles. The van der Waals surface area contributed by atoms with Crippen LogP contribution in [0.4, 0.5) is 34.1 Å². The number of hydrogen-bond donors (Lipinski definition) is 2. The number of benzene rings is 3. The Hall–Kier alpha value is -5.60. The van der Waals surface area contributed by atoms with Crippen LogP contribution < -0.4 is 4.90 Å². The third kappa shape index (κ3) is 15.6. The maximum atomic E-state index is 12.6. The monoisotopic (exact) mass is 810 g/mol. The molecule has 0 saturated heterocycles. The van der Waals surface area contributed by atoms with E-state index in [0.29, 0.717) is 17.3 Å². The van der Waals surface area contributed by atoms with Crippen LogP contribution in [0.2, 0.25) is 0 Å². The fraction of sp³-hybridized carbons (Fsp3) is 0.422. The highest BCUT2D eigenvalue weighted by atomic mass is 16.8. The molecule has 1 atom stereocenters. The molecule has 0 saturated carbocycles. The van der Waals surface area contributed by atoms with Crippen molar-refractivity contribution in [3.05, 3.63) is 120 Å². The molecule has 14 heteroatoms. The van der Waals surface area contributed by atoms with Crippen molar-refractivity contribution >= 4 is 46.1 Å². The van der Waals surface area contributed by atoms with Gasteiger partial charge in [0.25, 0.3) is 5.69 Å². The van der Waals surface area contributed by atoms with Crippen LogP contribution in [0.3, 0.4) is 0 Å². The highest BCUT2D eigenvalue weighted by Crippen LogP contribution is 2.41. The van der Waals surface area contributed by atoms with Crippen molar-refractivity contribution in [1.29, 1.82) is 0 Å². The number of rotatable bonds is 27. The summed E-state index contributed by atoms with van der Waals surface area (Å²) in [6.45, 7) is 18.8. The lowest BCUT2D eigenvalue weighted by Gasteiger charge is -2.30. The number of non-ortho nitro benzene ring substituents is 1. The summed E-state index contributed by atoms with van der Waals surface area (Å²) >= 11 is 0. The van der Waals surface area contributed by atoms with Crippen molar-refractivity contribution in [2.45, 2.75) is 110 Å². The molecule has 2 radical (unpaired) electrons. The fourth-order valence-corrected chi connectivity index (χ4v) is 6.25. The van der Waals surface area contributed by atoms with Gasteiger partial charge >= 0.3 is 17.9 Å². The molecule has 3 rings (SSSR count). The second-order valence-corrected chi connectivity index (χ2v) is 14.1. The van der Waals surface area contributed by atoms with Gasteiger partial charge in [-0.25, -0.2) is 9.59 Å². The Balaban J connectivity index is 2.07. The lowest BCUT2D eigenvalue weighted by atomic mass is 9.99. The third-order valence-corrected chi connectivity index (χ3v) is 9.55. The van der Waals surface area contributed by atoms with E-state index >= 15 is 0 Å². The smallest absolute Gasteiger partial charge is 0.368 e. The van der Waals surface area contributed by atoms with E-state index in [0.717, 1.165) is 43.3 Å². The second kappa shape index (κ2) is 25.0. The number of anilines is 1. The molecular weight excluding hydrogens is 753 g/mol. The predicted molar refractivity (Wildman–Crippen MR) is 229 cm³/mol.